The topological polar surface area (TPSA) is 93.7 Å². The van der Waals surface area contributed by atoms with Gasteiger partial charge < -0.3 is 14.8 Å². The van der Waals surface area contributed by atoms with Gasteiger partial charge in [0.1, 0.15) is 11.5 Å². The van der Waals surface area contributed by atoms with E-state index < -0.39 is 28.0 Å². The van der Waals surface area contributed by atoms with Crippen LogP contribution in [0.25, 0.3) is 0 Å². The van der Waals surface area contributed by atoms with Gasteiger partial charge in [-0.2, -0.15) is 0 Å². The zero-order valence-electron chi connectivity index (χ0n) is 18.2. The highest BCUT2D eigenvalue weighted by atomic mass is 79.9. The number of nitrogens with one attached hydrogen (secondary N) is 2. The van der Waals surface area contributed by atoms with E-state index in [9.17, 15) is 26.4 Å². The minimum atomic E-state index is -4.90. The molecule has 7 nitrogen and oxygen atoms in total. The van der Waals surface area contributed by atoms with E-state index in [4.69, 9.17) is 4.74 Å². The number of hydrogen-bond acceptors (Lipinski definition) is 5. The average molecular weight is 573 g/mol. The van der Waals surface area contributed by atoms with Crippen LogP contribution < -0.4 is 19.5 Å². The Kier molecular flexibility index (Phi) is 8.28. The Hall–Kier alpha value is -3.25. The molecule has 0 atom stereocenters. The molecule has 0 aliphatic carbocycles. The highest BCUT2D eigenvalue weighted by Gasteiger charge is 2.31. The van der Waals surface area contributed by atoms with Gasteiger partial charge >= 0.3 is 6.36 Å². The average Bonchev–Trinajstić information content (AvgIpc) is 2.79. The number of halogens is 4. The van der Waals surface area contributed by atoms with Crippen LogP contribution in [0.15, 0.2) is 76.1 Å². The molecule has 1 amide bonds. The van der Waals surface area contributed by atoms with Gasteiger partial charge in [0, 0.05) is 11.0 Å². The van der Waals surface area contributed by atoms with E-state index >= 15 is 0 Å². The highest BCUT2D eigenvalue weighted by Crippen LogP contribution is 2.27. The maximum Gasteiger partial charge on any atom is 0.573 e. The molecule has 12 heteroatoms. The first kappa shape index (κ1) is 26.4. The van der Waals surface area contributed by atoms with Crippen LogP contribution in [-0.4, -0.2) is 34.3 Å². The summed E-state index contributed by atoms with van der Waals surface area (Å²) in [6.07, 6.45) is -4.42. The summed E-state index contributed by atoms with van der Waals surface area (Å²) in [5, 5.41) is 2.75. The number of anilines is 1. The molecule has 0 heterocycles. The van der Waals surface area contributed by atoms with Crippen molar-refractivity contribution >= 4 is 37.5 Å². The zero-order valence-corrected chi connectivity index (χ0v) is 20.6. The lowest BCUT2D eigenvalue weighted by molar-refractivity contribution is -0.274. The Morgan fingerprint density at radius 3 is 2.37 bits per heavy atom. The molecule has 3 aromatic carbocycles. The van der Waals surface area contributed by atoms with Crippen LogP contribution in [0.3, 0.4) is 0 Å². The second kappa shape index (κ2) is 11.0. The highest BCUT2D eigenvalue weighted by molar-refractivity contribution is 9.10. The Bertz CT molecular complexity index is 1300. The maximum absolute atomic E-state index is 12.8. The van der Waals surface area contributed by atoms with Crippen molar-refractivity contribution in [2.24, 2.45) is 0 Å². The van der Waals surface area contributed by atoms with Gasteiger partial charge in [0.2, 0.25) is 0 Å². The molecule has 3 aromatic rings. The monoisotopic (exact) mass is 572 g/mol. The molecule has 0 radical (unpaired) electrons. The van der Waals surface area contributed by atoms with Gasteiger partial charge in [-0.25, -0.2) is 8.42 Å². The third kappa shape index (κ3) is 7.36. The van der Waals surface area contributed by atoms with Gasteiger partial charge in [-0.3, -0.25) is 9.52 Å². The molecule has 0 aliphatic heterocycles. The SMILES string of the molecule is COc1ccccc1CCNC(=O)c1cc(Br)ccc1NS(=O)(=O)c1ccc(OC(F)(F)F)cc1. The van der Waals surface area contributed by atoms with Crippen molar-refractivity contribution in [3.05, 3.63) is 82.3 Å². The minimum Gasteiger partial charge on any atom is -0.496 e. The Labute approximate surface area is 208 Å². The lowest BCUT2D eigenvalue weighted by atomic mass is 10.1. The van der Waals surface area contributed by atoms with Gasteiger partial charge in [0.05, 0.1) is 23.3 Å². The third-order valence-electron chi connectivity index (χ3n) is 4.71. The molecule has 0 aliphatic rings. The molecule has 0 unspecified atom stereocenters. The molecule has 0 saturated heterocycles. The Morgan fingerprint density at radius 2 is 1.71 bits per heavy atom. The summed E-state index contributed by atoms with van der Waals surface area (Å²) in [4.78, 5) is 12.5. The second-order valence-electron chi connectivity index (χ2n) is 7.13. The number of sulfonamides is 1. The summed E-state index contributed by atoms with van der Waals surface area (Å²) in [6, 6.07) is 15.5. The number of carbonyl (C=O) groups is 1. The number of rotatable bonds is 9. The van der Waals surface area contributed by atoms with Crippen molar-refractivity contribution in [3.8, 4) is 11.5 Å². The number of amides is 1. The Balaban J connectivity index is 1.74. The van der Waals surface area contributed by atoms with Crippen molar-refractivity contribution in [1.82, 2.24) is 5.32 Å². The molecule has 0 spiro atoms. The first-order chi connectivity index (χ1) is 16.5. The summed E-state index contributed by atoms with van der Waals surface area (Å²) in [6.45, 7) is 0.262. The molecule has 2 N–H and O–H groups in total. The molecule has 35 heavy (non-hydrogen) atoms. The van der Waals surface area contributed by atoms with E-state index in [-0.39, 0.29) is 22.7 Å². The maximum atomic E-state index is 12.8. The van der Waals surface area contributed by atoms with Crippen LogP contribution in [0.5, 0.6) is 11.5 Å². The molecule has 0 saturated carbocycles. The van der Waals surface area contributed by atoms with Gasteiger partial charge in [-0.05, 0) is 60.5 Å². The van der Waals surface area contributed by atoms with Gasteiger partial charge in [-0.15, -0.1) is 13.2 Å². The smallest absolute Gasteiger partial charge is 0.496 e. The van der Waals surface area contributed by atoms with E-state index in [1.807, 2.05) is 18.2 Å². The number of alkyl halides is 3. The van der Waals surface area contributed by atoms with E-state index in [1.165, 1.54) is 12.1 Å². The van der Waals surface area contributed by atoms with Crippen LogP contribution in [-0.2, 0) is 16.4 Å². The largest absolute Gasteiger partial charge is 0.573 e. The number of methoxy groups -OCH3 is 1. The van der Waals surface area contributed by atoms with E-state index in [0.717, 1.165) is 29.8 Å². The van der Waals surface area contributed by atoms with Crippen molar-refractivity contribution in [2.75, 3.05) is 18.4 Å². The number of hydrogen-bond donors (Lipinski definition) is 2. The molecular formula is C23H20BrF3N2O5S. The summed E-state index contributed by atoms with van der Waals surface area (Å²) in [5.74, 6) is -0.396. The number of benzene rings is 3. The fourth-order valence-electron chi connectivity index (χ4n) is 3.13. The first-order valence-corrected chi connectivity index (χ1v) is 12.3. The van der Waals surface area contributed by atoms with Crippen LogP contribution in [0.1, 0.15) is 15.9 Å². The summed E-state index contributed by atoms with van der Waals surface area (Å²) < 4.78 is 74.5. The molecule has 0 aromatic heterocycles. The van der Waals surface area contributed by atoms with Crippen molar-refractivity contribution < 1.29 is 35.9 Å². The van der Waals surface area contributed by atoms with Crippen molar-refractivity contribution in [1.29, 1.82) is 0 Å². The fraction of sp³-hybridized carbons (Fsp3) is 0.174. The summed E-state index contributed by atoms with van der Waals surface area (Å²) >= 11 is 3.27. The fourth-order valence-corrected chi connectivity index (χ4v) is 4.57. The number of ether oxygens (including phenoxy) is 2. The lowest BCUT2D eigenvalue weighted by Crippen LogP contribution is -2.27. The van der Waals surface area contributed by atoms with Crippen LogP contribution in [0.2, 0.25) is 0 Å². The minimum absolute atomic E-state index is 0.00129. The molecular weight excluding hydrogens is 553 g/mol. The number of para-hydroxylation sites is 1. The van der Waals surface area contributed by atoms with Gasteiger partial charge in [-0.1, -0.05) is 34.1 Å². The second-order valence-corrected chi connectivity index (χ2v) is 9.73. The number of carbonyl (C=O) groups excluding carboxylic acids is 1. The molecule has 0 fully saturated rings. The van der Waals surface area contributed by atoms with Crippen molar-refractivity contribution in [2.45, 2.75) is 17.7 Å². The predicted octanol–water partition coefficient (Wildman–Crippen LogP) is 5.13. The molecule has 3 rings (SSSR count). The Morgan fingerprint density at radius 1 is 1.03 bits per heavy atom. The molecule has 186 valence electrons. The van der Waals surface area contributed by atoms with E-state index in [2.05, 4.69) is 30.7 Å². The summed E-state index contributed by atoms with van der Waals surface area (Å²) in [5.41, 5.74) is 0.946. The van der Waals surface area contributed by atoms with Crippen LogP contribution >= 0.6 is 15.9 Å². The standard InChI is InChI=1S/C23H20BrF3N2O5S/c1-33-21-5-3-2-4-15(21)12-13-28-22(30)19-14-16(24)6-11-20(19)29-35(31,32)18-9-7-17(8-10-18)34-23(25,26)27/h2-11,14,29H,12-13H2,1H3,(H,28,30). The van der Waals surface area contributed by atoms with Gasteiger partial charge in [0.15, 0.2) is 0 Å². The van der Waals surface area contributed by atoms with Crippen LogP contribution in [0.4, 0.5) is 18.9 Å². The van der Waals surface area contributed by atoms with E-state index in [1.54, 1.807) is 19.2 Å². The normalized spacial score (nSPS) is 11.6. The quantitative estimate of drug-likeness (QED) is 0.371. The van der Waals surface area contributed by atoms with Gasteiger partial charge in [0.25, 0.3) is 15.9 Å². The summed E-state index contributed by atoms with van der Waals surface area (Å²) in [7, 11) is -2.66. The zero-order chi connectivity index (χ0) is 25.6. The molecule has 0 bridgehead atoms. The predicted molar refractivity (Wildman–Crippen MR) is 127 cm³/mol. The van der Waals surface area contributed by atoms with Crippen molar-refractivity contribution in [3.63, 3.8) is 0 Å². The first-order valence-electron chi connectivity index (χ1n) is 10.1. The lowest BCUT2D eigenvalue weighted by Gasteiger charge is -2.14. The van der Waals surface area contributed by atoms with E-state index in [0.29, 0.717) is 16.6 Å². The van der Waals surface area contributed by atoms with Crippen LogP contribution in [0, 0.1) is 0 Å². The third-order valence-corrected chi connectivity index (χ3v) is 6.59.